The normalized spacial score (nSPS) is 21.3. The van der Waals surface area contributed by atoms with Crippen LogP contribution in [0, 0.1) is 6.92 Å². The summed E-state index contributed by atoms with van der Waals surface area (Å²) in [5.74, 6) is 0.558. The Morgan fingerprint density at radius 3 is 2.94 bits per heavy atom. The molecule has 5 nitrogen and oxygen atoms in total. The summed E-state index contributed by atoms with van der Waals surface area (Å²) in [6.45, 7) is 3.86. The lowest BCUT2D eigenvalue weighted by Gasteiger charge is -2.19. The van der Waals surface area contributed by atoms with E-state index in [2.05, 4.69) is 32.4 Å². The van der Waals surface area contributed by atoms with Crippen LogP contribution in [0.2, 0.25) is 5.15 Å². The predicted octanol–water partition coefficient (Wildman–Crippen LogP) is 1.34. The molecule has 1 fully saturated rings. The van der Waals surface area contributed by atoms with E-state index in [4.69, 9.17) is 11.6 Å². The molecule has 0 radical (unpaired) electrons. The molecule has 0 spiro atoms. The van der Waals surface area contributed by atoms with Crippen molar-refractivity contribution in [1.29, 1.82) is 0 Å². The van der Waals surface area contributed by atoms with Crippen LogP contribution in [-0.2, 0) is 0 Å². The van der Waals surface area contributed by atoms with Crippen LogP contribution in [0.15, 0.2) is 0 Å². The summed E-state index contributed by atoms with van der Waals surface area (Å²) < 4.78 is 0. The maximum Gasteiger partial charge on any atom is 0.243 e. The van der Waals surface area contributed by atoms with Gasteiger partial charge < -0.3 is 10.2 Å². The molecule has 1 aromatic rings. The van der Waals surface area contributed by atoms with Gasteiger partial charge in [0.2, 0.25) is 5.95 Å². The van der Waals surface area contributed by atoms with Crippen LogP contribution < -0.4 is 5.32 Å². The average Bonchev–Trinajstić information content (AvgIpc) is 2.66. The van der Waals surface area contributed by atoms with Crippen LogP contribution in [0.3, 0.4) is 0 Å². The van der Waals surface area contributed by atoms with Crippen molar-refractivity contribution in [3.8, 4) is 0 Å². The number of aromatic nitrogens is 3. The largest absolute Gasteiger partial charge is 0.351 e. The summed E-state index contributed by atoms with van der Waals surface area (Å²) >= 11 is 5.76. The highest BCUT2D eigenvalue weighted by Crippen LogP contribution is 2.15. The fraction of sp³-hybridized carbons (Fsp3) is 0.700. The van der Waals surface area contributed by atoms with Crippen LogP contribution >= 0.6 is 11.6 Å². The first-order chi connectivity index (χ1) is 7.66. The van der Waals surface area contributed by atoms with Gasteiger partial charge in [0.15, 0.2) is 5.15 Å². The van der Waals surface area contributed by atoms with Gasteiger partial charge in [-0.1, -0.05) is 11.6 Å². The topological polar surface area (TPSA) is 53.9 Å². The van der Waals surface area contributed by atoms with Crippen molar-refractivity contribution < 1.29 is 0 Å². The molecule has 0 aromatic carbocycles. The summed E-state index contributed by atoms with van der Waals surface area (Å²) in [4.78, 5) is 6.57. The smallest absolute Gasteiger partial charge is 0.243 e. The number of likely N-dealkylation sites (N-methyl/N-ethyl adjacent to an activating group) is 1. The summed E-state index contributed by atoms with van der Waals surface area (Å²) in [6.07, 6.45) is 2.49. The molecular formula is C10H16ClN5. The van der Waals surface area contributed by atoms with Crippen molar-refractivity contribution in [2.75, 3.05) is 25.5 Å². The van der Waals surface area contributed by atoms with Crippen LogP contribution in [-0.4, -0.2) is 46.3 Å². The lowest BCUT2D eigenvalue weighted by molar-refractivity contribution is 0.322. The van der Waals surface area contributed by atoms with Crippen LogP contribution in [0.25, 0.3) is 0 Å². The van der Waals surface area contributed by atoms with Gasteiger partial charge >= 0.3 is 0 Å². The molecule has 2 rings (SSSR count). The maximum atomic E-state index is 5.76. The number of aryl methyl sites for hydroxylation is 1. The third-order valence-electron chi connectivity index (χ3n) is 2.97. The van der Waals surface area contributed by atoms with E-state index < -0.39 is 0 Å². The molecule has 0 unspecified atom stereocenters. The molecule has 6 heteroatoms. The van der Waals surface area contributed by atoms with Crippen molar-refractivity contribution in [3.05, 3.63) is 10.8 Å². The highest BCUT2D eigenvalue weighted by Gasteiger charge is 2.20. The van der Waals surface area contributed by atoms with E-state index in [0.717, 1.165) is 6.54 Å². The Morgan fingerprint density at radius 2 is 2.31 bits per heavy atom. The Kier molecular flexibility index (Phi) is 3.56. The van der Waals surface area contributed by atoms with Gasteiger partial charge in [-0.25, -0.2) is 4.98 Å². The first-order valence-corrected chi connectivity index (χ1v) is 5.85. The zero-order valence-electron chi connectivity index (χ0n) is 9.57. The third kappa shape index (κ3) is 2.59. The van der Waals surface area contributed by atoms with E-state index in [1.165, 1.54) is 19.4 Å². The van der Waals surface area contributed by atoms with Crippen molar-refractivity contribution in [3.63, 3.8) is 0 Å². The number of anilines is 1. The molecule has 0 saturated carbocycles. The van der Waals surface area contributed by atoms with E-state index in [1.54, 1.807) is 0 Å². The molecule has 1 aromatic heterocycles. The number of hydrogen-bond acceptors (Lipinski definition) is 5. The van der Waals surface area contributed by atoms with E-state index in [9.17, 15) is 0 Å². The summed E-state index contributed by atoms with van der Waals surface area (Å²) in [5.41, 5.74) is 0.707. The van der Waals surface area contributed by atoms with Gasteiger partial charge in [-0.2, -0.15) is 0 Å². The number of nitrogens with zero attached hydrogens (tertiary/aromatic N) is 4. The molecule has 0 amide bonds. The van der Waals surface area contributed by atoms with E-state index in [1.807, 2.05) is 6.92 Å². The Hall–Kier alpha value is -0.940. The van der Waals surface area contributed by atoms with Gasteiger partial charge in [-0.15, -0.1) is 10.2 Å². The second kappa shape index (κ2) is 4.93. The van der Waals surface area contributed by atoms with Gasteiger partial charge in [-0.3, -0.25) is 0 Å². The highest BCUT2D eigenvalue weighted by atomic mass is 35.5. The van der Waals surface area contributed by atoms with Crippen LogP contribution in [0.4, 0.5) is 5.95 Å². The Bertz CT molecular complexity index is 370. The number of rotatable bonds is 3. The summed E-state index contributed by atoms with van der Waals surface area (Å²) in [5, 5.41) is 11.3. The molecular weight excluding hydrogens is 226 g/mol. The van der Waals surface area contributed by atoms with Gasteiger partial charge in [0.25, 0.3) is 0 Å². The van der Waals surface area contributed by atoms with Gasteiger partial charge in [0, 0.05) is 12.6 Å². The fourth-order valence-electron chi connectivity index (χ4n) is 1.91. The van der Waals surface area contributed by atoms with Crippen LogP contribution in [0.5, 0.6) is 0 Å². The molecule has 1 atom stereocenters. The maximum absolute atomic E-state index is 5.76. The first-order valence-electron chi connectivity index (χ1n) is 5.48. The highest BCUT2D eigenvalue weighted by molar-refractivity contribution is 6.29. The monoisotopic (exact) mass is 241 g/mol. The molecule has 1 N–H and O–H groups in total. The number of halogens is 1. The third-order valence-corrected chi connectivity index (χ3v) is 3.32. The lowest BCUT2D eigenvalue weighted by atomic mass is 10.2. The molecule has 2 heterocycles. The summed E-state index contributed by atoms with van der Waals surface area (Å²) in [7, 11) is 2.14. The number of hydrogen-bond donors (Lipinski definition) is 1. The SMILES string of the molecule is Cc1nc(NC[C@@H]2CCCN2C)nnc1Cl. The van der Waals surface area contributed by atoms with Crippen molar-refractivity contribution in [2.24, 2.45) is 0 Å². The zero-order valence-corrected chi connectivity index (χ0v) is 10.3. The van der Waals surface area contributed by atoms with Gasteiger partial charge in [0.1, 0.15) is 0 Å². The molecule has 0 aliphatic carbocycles. The van der Waals surface area contributed by atoms with Crippen LogP contribution in [0.1, 0.15) is 18.5 Å². The first kappa shape index (κ1) is 11.5. The molecule has 16 heavy (non-hydrogen) atoms. The van der Waals surface area contributed by atoms with Crippen molar-refractivity contribution in [1.82, 2.24) is 20.1 Å². The number of likely N-dealkylation sites (tertiary alicyclic amines) is 1. The average molecular weight is 242 g/mol. The second-order valence-corrected chi connectivity index (χ2v) is 4.53. The van der Waals surface area contributed by atoms with Gasteiger partial charge in [-0.05, 0) is 33.4 Å². The lowest BCUT2D eigenvalue weighted by Crippen LogP contribution is -2.32. The predicted molar refractivity (Wildman–Crippen MR) is 63.7 cm³/mol. The quantitative estimate of drug-likeness (QED) is 0.866. The Balaban J connectivity index is 1.91. The molecule has 1 aliphatic heterocycles. The molecule has 1 aliphatic rings. The minimum atomic E-state index is 0.364. The molecule has 1 saturated heterocycles. The molecule has 88 valence electrons. The molecule has 0 bridgehead atoms. The van der Waals surface area contributed by atoms with Gasteiger partial charge in [0.05, 0.1) is 5.69 Å². The van der Waals surface area contributed by atoms with E-state index >= 15 is 0 Å². The van der Waals surface area contributed by atoms with Crippen molar-refractivity contribution in [2.45, 2.75) is 25.8 Å². The number of nitrogens with one attached hydrogen (secondary N) is 1. The second-order valence-electron chi connectivity index (χ2n) is 4.17. The fourth-order valence-corrected chi connectivity index (χ4v) is 1.99. The van der Waals surface area contributed by atoms with Crippen molar-refractivity contribution >= 4 is 17.5 Å². The summed E-state index contributed by atoms with van der Waals surface area (Å²) in [6, 6.07) is 0.569. The Morgan fingerprint density at radius 1 is 1.50 bits per heavy atom. The van der Waals surface area contributed by atoms with E-state index in [0.29, 0.717) is 22.8 Å². The Labute approximate surface area is 100 Å². The zero-order chi connectivity index (χ0) is 11.5. The standard InChI is InChI=1S/C10H16ClN5/c1-7-9(11)14-15-10(13-7)12-6-8-4-3-5-16(8)2/h8H,3-6H2,1-2H3,(H,12,13,15)/t8-/m0/s1. The van der Waals surface area contributed by atoms with E-state index in [-0.39, 0.29) is 0 Å². The minimum absolute atomic E-state index is 0.364. The minimum Gasteiger partial charge on any atom is -0.351 e.